The molecular formula is C11H17N3O. The summed E-state index contributed by atoms with van der Waals surface area (Å²) in [6.45, 7) is 3.96. The van der Waals surface area contributed by atoms with E-state index >= 15 is 0 Å². The number of amides is 1. The minimum atomic E-state index is -0.322. The number of hydrogen-bond acceptors (Lipinski definition) is 2. The summed E-state index contributed by atoms with van der Waals surface area (Å²) < 4.78 is 1.71. The molecule has 0 radical (unpaired) electrons. The highest BCUT2D eigenvalue weighted by Gasteiger charge is 2.28. The number of primary amides is 1. The number of aromatic nitrogens is 2. The zero-order chi connectivity index (χ0) is 11.0. The highest BCUT2D eigenvalue weighted by molar-refractivity contribution is 5.78. The van der Waals surface area contributed by atoms with Crippen molar-refractivity contribution < 1.29 is 4.79 Å². The minimum absolute atomic E-state index is 0.175. The summed E-state index contributed by atoms with van der Waals surface area (Å²) in [5.41, 5.74) is 6.47. The molecule has 1 aliphatic rings. The van der Waals surface area contributed by atoms with Crippen LogP contribution in [-0.4, -0.2) is 15.7 Å². The van der Waals surface area contributed by atoms with Crippen LogP contribution in [0, 0.1) is 5.92 Å². The normalized spacial score (nSPS) is 18.1. The van der Waals surface area contributed by atoms with Gasteiger partial charge in [-0.15, -0.1) is 0 Å². The number of carbonyl (C=O) groups excluding carboxylic acids is 1. The van der Waals surface area contributed by atoms with E-state index in [1.54, 1.807) is 4.68 Å². The van der Waals surface area contributed by atoms with Crippen LogP contribution in [0.3, 0.4) is 0 Å². The Bertz CT molecular complexity index is 366. The first kappa shape index (κ1) is 10.2. The molecule has 1 atom stereocenters. The van der Waals surface area contributed by atoms with Crippen molar-refractivity contribution in [3.05, 3.63) is 18.0 Å². The molecule has 4 nitrogen and oxygen atoms in total. The van der Waals surface area contributed by atoms with Gasteiger partial charge < -0.3 is 5.73 Å². The molecule has 0 spiro atoms. The molecule has 0 aliphatic heterocycles. The lowest BCUT2D eigenvalue weighted by Gasteiger charge is -2.17. The molecule has 0 saturated heterocycles. The number of carbonyl (C=O) groups is 1. The average Bonchev–Trinajstić information content (AvgIpc) is 2.87. The van der Waals surface area contributed by atoms with Gasteiger partial charge in [0, 0.05) is 12.1 Å². The second-order valence-corrected chi connectivity index (χ2v) is 4.59. The maximum Gasteiger partial charge on any atom is 0.242 e. The quantitative estimate of drug-likeness (QED) is 0.812. The second-order valence-electron chi connectivity index (χ2n) is 4.59. The van der Waals surface area contributed by atoms with E-state index in [0.717, 1.165) is 5.69 Å². The standard InChI is InChI=1S/C11H17N3O/c1-7(2)10(11(12)15)14-6-5-9(13-14)8-3-4-8/h5-8,10H,3-4H2,1-2H3,(H2,12,15). The summed E-state index contributed by atoms with van der Waals surface area (Å²) in [6.07, 6.45) is 4.31. The van der Waals surface area contributed by atoms with Crippen LogP contribution in [0.1, 0.15) is 44.3 Å². The largest absolute Gasteiger partial charge is 0.368 e. The van der Waals surface area contributed by atoms with E-state index in [0.29, 0.717) is 5.92 Å². The first-order valence-corrected chi connectivity index (χ1v) is 5.44. The predicted molar refractivity (Wildman–Crippen MR) is 57.3 cm³/mol. The molecule has 1 aromatic heterocycles. The van der Waals surface area contributed by atoms with Crippen LogP contribution in [-0.2, 0) is 4.79 Å². The molecule has 1 aromatic rings. The fourth-order valence-corrected chi connectivity index (χ4v) is 1.87. The molecule has 0 bridgehead atoms. The summed E-state index contributed by atoms with van der Waals surface area (Å²) in [6, 6.07) is 1.67. The van der Waals surface area contributed by atoms with Crippen LogP contribution >= 0.6 is 0 Å². The summed E-state index contributed by atoms with van der Waals surface area (Å²) in [4.78, 5) is 11.3. The van der Waals surface area contributed by atoms with Gasteiger partial charge in [-0.3, -0.25) is 9.48 Å². The van der Waals surface area contributed by atoms with Gasteiger partial charge in [0.05, 0.1) is 5.69 Å². The zero-order valence-electron chi connectivity index (χ0n) is 9.18. The number of rotatable bonds is 4. The van der Waals surface area contributed by atoms with Crippen molar-refractivity contribution in [3.63, 3.8) is 0 Å². The van der Waals surface area contributed by atoms with Crippen molar-refractivity contribution in [2.75, 3.05) is 0 Å². The van der Waals surface area contributed by atoms with E-state index < -0.39 is 0 Å². The van der Waals surface area contributed by atoms with Crippen molar-refractivity contribution >= 4 is 5.91 Å². The average molecular weight is 207 g/mol. The number of hydrogen-bond donors (Lipinski definition) is 1. The molecule has 1 saturated carbocycles. The molecule has 2 N–H and O–H groups in total. The zero-order valence-corrected chi connectivity index (χ0v) is 9.18. The first-order valence-electron chi connectivity index (χ1n) is 5.44. The Morgan fingerprint density at radius 2 is 2.27 bits per heavy atom. The highest BCUT2D eigenvalue weighted by Crippen LogP contribution is 2.39. The molecule has 1 heterocycles. The van der Waals surface area contributed by atoms with Crippen LogP contribution in [0.25, 0.3) is 0 Å². The van der Waals surface area contributed by atoms with E-state index in [1.165, 1.54) is 12.8 Å². The van der Waals surface area contributed by atoms with E-state index in [-0.39, 0.29) is 17.9 Å². The summed E-state index contributed by atoms with van der Waals surface area (Å²) >= 11 is 0. The minimum Gasteiger partial charge on any atom is -0.368 e. The Balaban J connectivity index is 2.21. The van der Waals surface area contributed by atoms with Gasteiger partial charge in [0.15, 0.2) is 0 Å². The van der Waals surface area contributed by atoms with E-state index in [1.807, 2.05) is 26.1 Å². The molecule has 1 amide bonds. The third-order valence-corrected chi connectivity index (χ3v) is 2.83. The van der Waals surface area contributed by atoms with Crippen molar-refractivity contribution in [1.82, 2.24) is 9.78 Å². The molecule has 1 unspecified atom stereocenters. The van der Waals surface area contributed by atoms with Crippen LogP contribution in [0.2, 0.25) is 0 Å². The van der Waals surface area contributed by atoms with Gasteiger partial charge in [0.2, 0.25) is 5.91 Å². The summed E-state index contributed by atoms with van der Waals surface area (Å²) in [5.74, 6) is 0.483. The summed E-state index contributed by atoms with van der Waals surface area (Å²) in [7, 11) is 0. The van der Waals surface area contributed by atoms with Gasteiger partial charge in [0.25, 0.3) is 0 Å². The lowest BCUT2D eigenvalue weighted by atomic mass is 10.0. The van der Waals surface area contributed by atoms with Crippen LogP contribution < -0.4 is 5.73 Å². The molecule has 82 valence electrons. The van der Waals surface area contributed by atoms with E-state index in [2.05, 4.69) is 5.10 Å². The van der Waals surface area contributed by atoms with Gasteiger partial charge in [-0.1, -0.05) is 13.8 Å². The molecular weight excluding hydrogens is 190 g/mol. The lowest BCUT2D eigenvalue weighted by Crippen LogP contribution is -2.30. The predicted octanol–water partition coefficient (Wildman–Crippen LogP) is 1.44. The van der Waals surface area contributed by atoms with E-state index in [9.17, 15) is 4.79 Å². The third-order valence-electron chi connectivity index (χ3n) is 2.83. The van der Waals surface area contributed by atoms with Crippen molar-refractivity contribution in [2.24, 2.45) is 11.7 Å². The summed E-state index contributed by atoms with van der Waals surface area (Å²) in [5, 5.41) is 4.43. The van der Waals surface area contributed by atoms with Gasteiger partial charge in [0.1, 0.15) is 6.04 Å². The van der Waals surface area contributed by atoms with Gasteiger partial charge in [-0.2, -0.15) is 5.10 Å². The van der Waals surface area contributed by atoms with Crippen molar-refractivity contribution in [1.29, 1.82) is 0 Å². The Kier molecular flexibility index (Phi) is 2.50. The molecule has 1 aliphatic carbocycles. The molecule has 0 aromatic carbocycles. The van der Waals surface area contributed by atoms with Crippen molar-refractivity contribution in [3.8, 4) is 0 Å². The SMILES string of the molecule is CC(C)C(C(N)=O)n1ccc(C2CC2)n1. The van der Waals surface area contributed by atoms with Crippen LogP contribution in [0.5, 0.6) is 0 Å². The Morgan fingerprint density at radius 1 is 1.60 bits per heavy atom. The van der Waals surface area contributed by atoms with Crippen LogP contribution in [0.4, 0.5) is 0 Å². The molecule has 1 fully saturated rings. The fraction of sp³-hybridized carbons (Fsp3) is 0.636. The smallest absolute Gasteiger partial charge is 0.242 e. The topological polar surface area (TPSA) is 60.9 Å². The Morgan fingerprint density at radius 3 is 2.73 bits per heavy atom. The highest BCUT2D eigenvalue weighted by atomic mass is 16.1. The first-order chi connectivity index (χ1) is 7.09. The molecule has 15 heavy (non-hydrogen) atoms. The number of nitrogens with zero attached hydrogens (tertiary/aromatic N) is 2. The van der Waals surface area contributed by atoms with Crippen LogP contribution in [0.15, 0.2) is 12.3 Å². The number of nitrogens with two attached hydrogens (primary N) is 1. The second kappa shape index (κ2) is 3.68. The maximum absolute atomic E-state index is 11.3. The van der Waals surface area contributed by atoms with E-state index in [4.69, 9.17) is 5.73 Å². The monoisotopic (exact) mass is 207 g/mol. The molecule has 4 heteroatoms. The van der Waals surface area contributed by atoms with Gasteiger partial charge in [-0.25, -0.2) is 0 Å². The van der Waals surface area contributed by atoms with Crippen molar-refractivity contribution in [2.45, 2.75) is 38.6 Å². The molecule has 2 rings (SSSR count). The van der Waals surface area contributed by atoms with Gasteiger partial charge in [-0.05, 0) is 24.8 Å². The third kappa shape index (κ3) is 2.03. The Hall–Kier alpha value is -1.32. The Labute approximate surface area is 89.5 Å². The van der Waals surface area contributed by atoms with Gasteiger partial charge >= 0.3 is 0 Å². The fourth-order valence-electron chi connectivity index (χ4n) is 1.87. The maximum atomic E-state index is 11.3. The lowest BCUT2D eigenvalue weighted by molar-refractivity contribution is -0.122.